The highest BCUT2D eigenvalue weighted by Crippen LogP contribution is 2.42. The van der Waals surface area contributed by atoms with Crippen LogP contribution >= 0.6 is 0 Å². The van der Waals surface area contributed by atoms with E-state index in [-0.39, 0.29) is 5.82 Å². The number of hydrogen-bond acceptors (Lipinski definition) is 1. The molecule has 1 aromatic rings. The van der Waals surface area contributed by atoms with Gasteiger partial charge in [0.05, 0.1) is 0 Å². The van der Waals surface area contributed by atoms with Gasteiger partial charge in [-0.05, 0) is 49.5 Å². The zero-order valence-corrected chi connectivity index (χ0v) is 12.4. The van der Waals surface area contributed by atoms with Crippen LogP contribution < -0.4 is 0 Å². The lowest BCUT2D eigenvalue weighted by molar-refractivity contribution is 0.227. The first-order chi connectivity index (χ1) is 9.15. The molecule has 2 aliphatic rings. The Morgan fingerprint density at radius 1 is 1.16 bits per heavy atom. The highest BCUT2D eigenvalue weighted by molar-refractivity contribution is 5.71. The molecule has 0 aromatic heterocycles. The van der Waals surface area contributed by atoms with Gasteiger partial charge in [-0.15, -0.1) is 0 Å². The second-order valence-electron chi connectivity index (χ2n) is 5.42. The van der Waals surface area contributed by atoms with Gasteiger partial charge in [0.25, 0.3) is 0 Å². The summed E-state index contributed by atoms with van der Waals surface area (Å²) < 4.78 is 12.9. The lowest BCUT2D eigenvalue weighted by atomic mass is 9.95. The second kappa shape index (κ2) is 5.87. The number of halogens is 1. The Morgan fingerprint density at radius 3 is 2.26 bits per heavy atom. The standard InChI is InChI=1S/C15H18FN.C2H6/c1-10(2)17-9-12-7-14(17)8-15(12)11-3-5-13(16)6-4-11;1-2/h3-6,8,10,12,14H,7,9H2,1-2H3;1-2H3. The number of nitrogens with zero attached hydrogens (tertiary/aromatic N) is 1. The zero-order chi connectivity index (χ0) is 14.0. The van der Waals surface area contributed by atoms with Crippen molar-refractivity contribution in [3.05, 3.63) is 41.7 Å². The molecule has 2 bridgehead atoms. The van der Waals surface area contributed by atoms with Crippen molar-refractivity contribution in [1.82, 2.24) is 4.90 Å². The molecule has 0 N–H and O–H groups in total. The Balaban J connectivity index is 0.000000637. The van der Waals surface area contributed by atoms with Gasteiger partial charge in [0.1, 0.15) is 5.82 Å². The van der Waals surface area contributed by atoms with Crippen LogP contribution in [0.5, 0.6) is 0 Å². The summed E-state index contributed by atoms with van der Waals surface area (Å²) in [5.74, 6) is 0.495. The normalized spacial score (nSPS) is 25.3. The smallest absolute Gasteiger partial charge is 0.123 e. The van der Waals surface area contributed by atoms with Gasteiger partial charge in [0.15, 0.2) is 0 Å². The lowest BCUT2D eigenvalue weighted by Crippen LogP contribution is -2.36. The van der Waals surface area contributed by atoms with E-state index in [0.717, 1.165) is 6.54 Å². The molecule has 1 aromatic carbocycles. The summed E-state index contributed by atoms with van der Waals surface area (Å²) in [6.07, 6.45) is 3.62. The summed E-state index contributed by atoms with van der Waals surface area (Å²) in [5, 5.41) is 0. The Labute approximate surface area is 116 Å². The summed E-state index contributed by atoms with van der Waals surface area (Å²) in [5.41, 5.74) is 2.62. The van der Waals surface area contributed by atoms with Gasteiger partial charge in [-0.2, -0.15) is 0 Å². The molecule has 104 valence electrons. The fourth-order valence-electron chi connectivity index (χ4n) is 3.19. The number of hydrogen-bond donors (Lipinski definition) is 0. The molecule has 2 atom stereocenters. The molecule has 1 fully saturated rings. The van der Waals surface area contributed by atoms with Crippen molar-refractivity contribution in [2.45, 2.75) is 46.2 Å². The number of fused-ring (bicyclic) bond motifs is 2. The molecule has 2 unspecified atom stereocenters. The molecule has 1 saturated heterocycles. The van der Waals surface area contributed by atoms with E-state index in [1.54, 1.807) is 12.1 Å². The van der Waals surface area contributed by atoms with Crippen LogP contribution in [0.25, 0.3) is 5.57 Å². The van der Waals surface area contributed by atoms with Crippen molar-refractivity contribution in [3.8, 4) is 0 Å². The molecular weight excluding hydrogens is 237 g/mol. The topological polar surface area (TPSA) is 3.24 Å². The summed E-state index contributed by atoms with van der Waals surface area (Å²) in [4.78, 5) is 2.55. The molecule has 2 heteroatoms. The van der Waals surface area contributed by atoms with Crippen LogP contribution in [0.2, 0.25) is 0 Å². The summed E-state index contributed by atoms with van der Waals surface area (Å²) in [7, 11) is 0. The van der Waals surface area contributed by atoms with Crippen LogP contribution in [-0.2, 0) is 0 Å². The lowest BCUT2D eigenvalue weighted by Gasteiger charge is -2.29. The minimum absolute atomic E-state index is 0.152. The van der Waals surface area contributed by atoms with Gasteiger partial charge >= 0.3 is 0 Å². The molecule has 1 nitrogen and oxygen atoms in total. The molecule has 0 saturated carbocycles. The molecule has 0 radical (unpaired) electrons. The number of likely N-dealkylation sites (tertiary alicyclic amines) is 1. The summed E-state index contributed by atoms with van der Waals surface area (Å²) in [6.45, 7) is 9.67. The third-order valence-electron chi connectivity index (χ3n) is 4.04. The van der Waals surface area contributed by atoms with E-state index in [1.807, 2.05) is 26.0 Å². The molecule has 1 heterocycles. The quantitative estimate of drug-likeness (QED) is 0.765. The first-order valence-electron chi connectivity index (χ1n) is 7.38. The van der Waals surface area contributed by atoms with E-state index in [0.29, 0.717) is 18.0 Å². The Bertz CT molecular complexity index is 447. The van der Waals surface area contributed by atoms with Crippen LogP contribution in [0.1, 0.15) is 39.7 Å². The Kier molecular flexibility index (Phi) is 4.41. The predicted molar refractivity (Wildman–Crippen MR) is 79.5 cm³/mol. The third kappa shape index (κ3) is 2.74. The zero-order valence-electron chi connectivity index (χ0n) is 12.4. The van der Waals surface area contributed by atoms with E-state index in [4.69, 9.17) is 0 Å². The van der Waals surface area contributed by atoms with Gasteiger partial charge in [-0.1, -0.05) is 32.1 Å². The molecule has 1 aliphatic carbocycles. The van der Waals surface area contributed by atoms with E-state index in [1.165, 1.54) is 17.6 Å². The highest BCUT2D eigenvalue weighted by atomic mass is 19.1. The van der Waals surface area contributed by atoms with Gasteiger partial charge in [-0.3, -0.25) is 4.90 Å². The maximum absolute atomic E-state index is 12.9. The van der Waals surface area contributed by atoms with Gasteiger partial charge in [0, 0.05) is 18.6 Å². The molecule has 19 heavy (non-hydrogen) atoms. The number of rotatable bonds is 2. The fourth-order valence-corrected chi connectivity index (χ4v) is 3.19. The molecule has 3 rings (SSSR count). The summed E-state index contributed by atoms with van der Waals surface area (Å²) in [6, 6.07) is 8.14. The van der Waals surface area contributed by atoms with Crippen molar-refractivity contribution in [1.29, 1.82) is 0 Å². The van der Waals surface area contributed by atoms with Gasteiger partial charge in [0.2, 0.25) is 0 Å². The van der Waals surface area contributed by atoms with Crippen LogP contribution in [0.4, 0.5) is 4.39 Å². The minimum Gasteiger partial charge on any atom is -0.294 e. The van der Waals surface area contributed by atoms with Crippen molar-refractivity contribution in [2.75, 3.05) is 6.54 Å². The van der Waals surface area contributed by atoms with Crippen LogP contribution in [-0.4, -0.2) is 23.5 Å². The van der Waals surface area contributed by atoms with E-state index in [2.05, 4.69) is 24.8 Å². The van der Waals surface area contributed by atoms with Gasteiger partial charge in [-0.25, -0.2) is 4.39 Å². The van der Waals surface area contributed by atoms with Crippen LogP contribution in [0, 0.1) is 11.7 Å². The average Bonchev–Trinajstić information content (AvgIpc) is 3.01. The first kappa shape index (κ1) is 14.3. The Hall–Kier alpha value is -1.15. The van der Waals surface area contributed by atoms with E-state index >= 15 is 0 Å². The van der Waals surface area contributed by atoms with Gasteiger partial charge < -0.3 is 0 Å². The van der Waals surface area contributed by atoms with Crippen LogP contribution in [0.15, 0.2) is 30.3 Å². The second-order valence-corrected chi connectivity index (χ2v) is 5.42. The molecule has 1 aliphatic heterocycles. The van der Waals surface area contributed by atoms with Crippen molar-refractivity contribution >= 4 is 5.57 Å². The van der Waals surface area contributed by atoms with Crippen molar-refractivity contribution in [3.63, 3.8) is 0 Å². The van der Waals surface area contributed by atoms with Crippen molar-refractivity contribution in [2.24, 2.45) is 5.92 Å². The fraction of sp³-hybridized carbons (Fsp3) is 0.529. The highest BCUT2D eigenvalue weighted by Gasteiger charge is 2.39. The van der Waals surface area contributed by atoms with Crippen molar-refractivity contribution < 1.29 is 4.39 Å². The average molecular weight is 261 g/mol. The Morgan fingerprint density at radius 2 is 1.79 bits per heavy atom. The monoisotopic (exact) mass is 261 g/mol. The van der Waals surface area contributed by atoms with E-state index in [9.17, 15) is 4.39 Å². The molecule has 0 amide bonds. The number of benzene rings is 1. The maximum atomic E-state index is 12.9. The molecule has 0 spiro atoms. The predicted octanol–water partition coefficient (Wildman–Crippen LogP) is 4.35. The SMILES string of the molecule is CC.CC(C)N1CC2CC1C=C2c1ccc(F)cc1. The van der Waals surface area contributed by atoms with E-state index < -0.39 is 0 Å². The molecular formula is C17H24FN. The first-order valence-corrected chi connectivity index (χ1v) is 7.38. The third-order valence-corrected chi connectivity index (χ3v) is 4.04. The largest absolute Gasteiger partial charge is 0.294 e. The summed E-state index contributed by atoms with van der Waals surface area (Å²) >= 11 is 0. The maximum Gasteiger partial charge on any atom is 0.123 e. The minimum atomic E-state index is -0.152. The van der Waals surface area contributed by atoms with Crippen LogP contribution in [0.3, 0.4) is 0 Å².